The molecule has 1 aliphatic heterocycles. The molecule has 0 aromatic rings. The number of rotatable bonds is 1. The smallest absolute Gasteiger partial charge is 0.119 e. The van der Waals surface area contributed by atoms with Gasteiger partial charge in [-0.25, -0.2) is 0 Å². The molecule has 0 atom stereocenters. The van der Waals surface area contributed by atoms with Crippen molar-refractivity contribution in [2.75, 3.05) is 19.9 Å². The normalized spacial score (nSPS) is 22.7. The van der Waals surface area contributed by atoms with Gasteiger partial charge in [-0.3, -0.25) is 0 Å². The molecule has 0 aromatic carbocycles. The van der Waals surface area contributed by atoms with Crippen molar-refractivity contribution in [1.29, 1.82) is 0 Å². The van der Waals surface area contributed by atoms with Crippen LogP contribution in [0.25, 0.3) is 0 Å². The van der Waals surface area contributed by atoms with Crippen molar-refractivity contribution < 1.29 is 4.74 Å². The summed E-state index contributed by atoms with van der Waals surface area (Å²) in [5.74, 6) is 0. The summed E-state index contributed by atoms with van der Waals surface area (Å²) in [6.45, 7) is 4.78. The van der Waals surface area contributed by atoms with Crippen molar-refractivity contribution >= 4 is 0 Å². The third-order valence-electron chi connectivity index (χ3n) is 2.40. The second-order valence-electron chi connectivity index (χ2n) is 3.51. The first-order valence-electron chi connectivity index (χ1n) is 4.73. The highest BCUT2D eigenvalue weighted by Gasteiger charge is 2.13. The summed E-state index contributed by atoms with van der Waals surface area (Å²) in [6.07, 6.45) is 9.76. The fraction of sp³-hybridized carbons (Fsp3) is 0.455. The van der Waals surface area contributed by atoms with Crippen molar-refractivity contribution in [1.82, 2.24) is 4.90 Å². The lowest BCUT2D eigenvalue weighted by atomic mass is 10.2. The molecule has 2 rings (SSSR count). The van der Waals surface area contributed by atoms with Crippen molar-refractivity contribution in [3.05, 3.63) is 35.6 Å². The molecule has 70 valence electrons. The third kappa shape index (κ3) is 2.01. The van der Waals surface area contributed by atoms with Gasteiger partial charge in [-0.2, -0.15) is 0 Å². The molecule has 0 spiro atoms. The Bertz CT molecular complexity index is 270. The topological polar surface area (TPSA) is 12.5 Å². The highest BCUT2D eigenvalue weighted by molar-refractivity contribution is 5.28. The summed E-state index contributed by atoms with van der Waals surface area (Å²) in [4.78, 5) is 2.27. The van der Waals surface area contributed by atoms with Crippen LogP contribution in [0.4, 0.5) is 0 Å². The minimum Gasteiger partial charge on any atom is -0.359 e. The summed E-state index contributed by atoms with van der Waals surface area (Å²) in [5.41, 5.74) is 2.71. The van der Waals surface area contributed by atoms with Crippen molar-refractivity contribution in [3.8, 4) is 0 Å². The van der Waals surface area contributed by atoms with E-state index < -0.39 is 0 Å². The molecule has 13 heavy (non-hydrogen) atoms. The summed E-state index contributed by atoms with van der Waals surface area (Å²) in [5, 5.41) is 0. The Hall–Kier alpha value is -1.02. The molecule has 2 aliphatic rings. The molecule has 1 saturated heterocycles. The van der Waals surface area contributed by atoms with Crippen molar-refractivity contribution in [2.45, 2.75) is 13.3 Å². The number of allylic oxidation sites excluding steroid dienone is 5. The third-order valence-corrected chi connectivity index (χ3v) is 2.40. The second kappa shape index (κ2) is 3.79. The number of hydrogen-bond acceptors (Lipinski definition) is 2. The van der Waals surface area contributed by atoms with E-state index in [2.05, 4.69) is 36.1 Å². The Labute approximate surface area is 79.2 Å². The van der Waals surface area contributed by atoms with Crippen LogP contribution in [0.5, 0.6) is 0 Å². The zero-order valence-corrected chi connectivity index (χ0v) is 7.99. The fourth-order valence-electron chi connectivity index (χ4n) is 1.56. The van der Waals surface area contributed by atoms with Crippen LogP contribution < -0.4 is 0 Å². The van der Waals surface area contributed by atoms with E-state index in [0.717, 1.165) is 26.3 Å². The zero-order chi connectivity index (χ0) is 9.10. The van der Waals surface area contributed by atoms with E-state index in [1.807, 2.05) is 0 Å². The Morgan fingerprint density at radius 3 is 3.15 bits per heavy atom. The van der Waals surface area contributed by atoms with E-state index in [1.165, 1.54) is 11.3 Å². The van der Waals surface area contributed by atoms with Crippen LogP contribution in [0.3, 0.4) is 0 Å². The van der Waals surface area contributed by atoms with Gasteiger partial charge in [-0.05, 0) is 19.4 Å². The molecule has 0 amide bonds. The van der Waals surface area contributed by atoms with Crippen LogP contribution in [0.1, 0.15) is 13.3 Å². The first kappa shape index (κ1) is 8.57. The zero-order valence-electron chi connectivity index (χ0n) is 7.99. The van der Waals surface area contributed by atoms with Crippen molar-refractivity contribution in [3.63, 3.8) is 0 Å². The Balaban J connectivity index is 2.08. The van der Waals surface area contributed by atoms with Crippen LogP contribution in [-0.4, -0.2) is 24.8 Å². The van der Waals surface area contributed by atoms with Gasteiger partial charge in [0, 0.05) is 12.2 Å². The molecule has 0 radical (unpaired) electrons. The first-order valence-corrected chi connectivity index (χ1v) is 4.73. The molecule has 2 nitrogen and oxygen atoms in total. The summed E-state index contributed by atoms with van der Waals surface area (Å²) in [7, 11) is 0. The first-order chi connectivity index (χ1) is 6.36. The SMILES string of the molecule is CC1=CC=CC(N2CCOC2)=CC1. The summed E-state index contributed by atoms with van der Waals surface area (Å²) >= 11 is 0. The van der Waals surface area contributed by atoms with Gasteiger partial charge in [0.25, 0.3) is 0 Å². The van der Waals surface area contributed by atoms with Crippen molar-refractivity contribution in [2.24, 2.45) is 0 Å². The van der Waals surface area contributed by atoms with Gasteiger partial charge >= 0.3 is 0 Å². The van der Waals surface area contributed by atoms with Crippen LogP contribution in [0, 0.1) is 0 Å². The van der Waals surface area contributed by atoms with Gasteiger partial charge in [0.1, 0.15) is 6.73 Å². The van der Waals surface area contributed by atoms with Crippen LogP contribution in [0.2, 0.25) is 0 Å². The lowest BCUT2D eigenvalue weighted by molar-refractivity contribution is 0.158. The van der Waals surface area contributed by atoms with E-state index in [0.29, 0.717) is 0 Å². The fourth-order valence-corrected chi connectivity index (χ4v) is 1.56. The highest BCUT2D eigenvalue weighted by atomic mass is 16.5. The monoisotopic (exact) mass is 177 g/mol. The van der Waals surface area contributed by atoms with Gasteiger partial charge in [0.2, 0.25) is 0 Å². The van der Waals surface area contributed by atoms with E-state index in [9.17, 15) is 0 Å². The molecule has 0 bridgehead atoms. The molecule has 1 aliphatic carbocycles. The lowest BCUT2D eigenvalue weighted by Gasteiger charge is -2.16. The van der Waals surface area contributed by atoms with Crippen LogP contribution in [-0.2, 0) is 4.74 Å². The predicted octanol–water partition coefficient (Wildman–Crippen LogP) is 2.07. The maximum atomic E-state index is 5.31. The maximum absolute atomic E-state index is 5.31. The lowest BCUT2D eigenvalue weighted by Crippen LogP contribution is -2.17. The summed E-state index contributed by atoms with van der Waals surface area (Å²) in [6, 6.07) is 0. The second-order valence-corrected chi connectivity index (χ2v) is 3.51. The molecule has 0 N–H and O–H groups in total. The molecule has 1 fully saturated rings. The van der Waals surface area contributed by atoms with Gasteiger partial charge < -0.3 is 9.64 Å². The Morgan fingerprint density at radius 2 is 2.38 bits per heavy atom. The molecule has 0 saturated carbocycles. The number of ether oxygens (including phenoxy) is 1. The molecular weight excluding hydrogens is 162 g/mol. The molecule has 2 heteroatoms. The largest absolute Gasteiger partial charge is 0.359 e. The van der Waals surface area contributed by atoms with Gasteiger partial charge in [-0.15, -0.1) is 0 Å². The van der Waals surface area contributed by atoms with E-state index in [1.54, 1.807) is 0 Å². The Morgan fingerprint density at radius 1 is 1.46 bits per heavy atom. The van der Waals surface area contributed by atoms with Gasteiger partial charge in [0.15, 0.2) is 0 Å². The predicted molar refractivity (Wildman–Crippen MR) is 53.1 cm³/mol. The van der Waals surface area contributed by atoms with E-state index in [4.69, 9.17) is 4.74 Å². The maximum Gasteiger partial charge on any atom is 0.119 e. The van der Waals surface area contributed by atoms with Gasteiger partial charge in [-0.1, -0.05) is 23.8 Å². The minimum absolute atomic E-state index is 0.745. The van der Waals surface area contributed by atoms with E-state index >= 15 is 0 Å². The molecule has 1 heterocycles. The summed E-state index contributed by atoms with van der Waals surface area (Å²) < 4.78 is 5.31. The molecule has 0 unspecified atom stereocenters. The average Bonchev–Trinajstić information content (AvgIpc) is 2.56. The van der Waals surface area contributed by atoms with Crippen LogP contribution in [0.15, 0.2) is 35.6 Å². The Kier molecular flexibility index (Phi) is 2.50. The quantitative estimate of drug-likeness (QED) is 0.608. The highest BCUT2D eigenvalue weighted by Crippen LogP contribution is 2.16. The van der Waals surface area contributed by atoms with Gasteiger partial charge in [0.05, 0.1) is 6.61 Å². The van der Waals surface area contributed by atoms with E-state index in [-0.39, 0.29) is 0 Å². The number of hydrogen-bond donors (Lipinski definition) is 0. The minimum atomic E-state index is 0.745. The number of nitrogens with zero attached hydrogens (tertiary/aromatic N) is 1. The average molecular weight is 177 g/mol. The van der Waals surface area contributed by atoms with Crippen LogP contribution >= 0.6 is 0 Å². The standard InChI is InChI=1S/C11H15NO/c1-10-3-2-4-11(6-5-10)12-7-8-13-9-12/h2-4,6H,5,7-9H2,1H3. The molecular formula is C11H15NO. The molecule has 0 aromatic heterocycles.